The molecule has 5 aromatic rings. The van der Waals surface area contributed by atoms with Gasteiger partial charge in [-0.2, -0.15) is 26.7 Å². The number of benzene rings is 3. The number of para-hydroxylation sites is 2. The molecule has 0 N–H and O–H groups in total. The van der Waals surface area contributed by atoms with Crippen LogP contribution in [0.25, 0.3) is 0 Å². The first kappa shape index (κ1) is 72.6. The molecule has 0 atom stereocenters. The summed E-state index contributed by atoms with van der Waals surface area (Å²) in [6.45, 7) is -5.74. The van der Waals surface area contributed by atoms with E-state index < -0.39 is 48.9 Å². The predicted octanol–water partition coefficient (Wildman–Crippen LogP) is 4.71. The third kappa shape index (κ3) is 18.3. The number of rotatable bonds is 16. The van der Waals surface area contributed by atoms with Gasteiger partial charge in [0.2, 0.25) is 0 Å². The Kier molecular flexibility index (Phi) is 33.1. The summed E-state index contributed by atoms with van der Waals surface area (Å²) in [5.74, 6) is -5.27. The van der Waals surface area contributed by atoms with Crippen molar-refractivity contribution in [1.82, 2.24) is 9.80 Å². The molecule has 2 aliphatic heterocycles. The van der Waals surface area contributed by atoms with Gasteiger partial charge in [-0.25, -0.2) is 19.2 Å². The second kappa shape index (κ2) is 36.0. The Morgan fingerprint density at radius 3 is 0.975 bits per heavy atom. The maximum Gasteiger partial charge on any atom is 0.387 e. The average molecular weight is 1360 g/mol. The van der Waals surface area contributed by atoms with Crippen molar-refractivity contribution in [3.63, 3.8) is 0 Å². The summed E-state index contributed by atoms with van der Waals surface area (Å²) in [5, 5.41) is 0.514. The molecule has 2 aromatic heterocycles. The molecule has 0 amide bonds. The van der Waals surface area contributed by atoms with Crippen LogP contribution in [0.4, 0.5) is 17.6 Å². The Morgan fingerprint density at radius 2 is 0.709 bits per heavy atom. The van der Waals surface area contributed by atoms with Gasteiger partial charge < -0.3 is 72.2 Å². The van der Waals surface area contributed by atoms with Crippen LogP contribution in [0.5, 0.6) is 11.5 Å². The number of likely N-dealkylation sites (N-methyl/N-ethyl adjacent to an activating group) is 1. The van der Waals surface area contributed by atoms with Gasteiger partial charge in [-0.1, -0.05) is 139 Å². The molecule has 430 valence electrons. The van der Waals surface area contributed by atoms with Crippen molar-refractivity contribution in [1.29, 1.82) is 0 Å². The topological polar surface area (TPSA) is 138 Å². The number of halogens is 8. The fraction of sp³-hybridized carbons (Fsp3) is 0.298. The van der Waals surface area contributed by atoms with Crippen molar-refractivity contribution in [2.24, 2.45) is 0 Å². The lowest BCUT2D eigenvalue weighted by Gasteiger charge is -2.37. The predicted molar refractivity (Wildman–Crippen MR) is 291 cm³/mol. The summed E-state index contributed by atoms with van der Waals surface area (Å²) < 4.78 is 86.5. The number of ether oxygens (including phenoxy) is 6. The molecule has 0 aliphatic carbocycles. The van der Waals surface area contributed by atoms with Crippen LogP contribution in [0.3, 0.4) is 0 Å². The van der Waals surface area contributed by atoms with E-state index in [1.54, 1.807) is 48.2 Å². The molecule has 4 heterocycles. The first-order valence-corrected chi connectivity index (χ1v) is 24.7. The van der Waals surface area contributed by atoms with Gasteiger partial charge in [0.05, 0.1) is 74.0 Å². The standard InChI is InChI=1S/C29H29F2N3O5.C19H19Br2F2NO5.C6H6.3CH4.2BrH/c1-32-21(18-33-14-8-4-9-15-33)25(27(35)37-2)24(20-12-6-7-13-23(20)39-29(30)31)26(28(36)38-3)22(32)19-34-16-10-5-11-17-34;1-24-11(8-20)15(17(25)27-2)14(16(12(24)9-21)18(26)28-3)10-6-4-5-7-13(10)29-19(22)23;1-2-4-6-5-3-1;;;;;/h4-17,24,29H,18-19H2,1-3H3;4-7,14,19H,8-9H2,1-3H3;1-6H;3*1H4;2*1H/q+2;;;;;;;/p-2. The number of hydrogen-bond donors (Lipinski definition) is 0. The molecule has 2 aliphatic rings. The van der Waals surface area contributed by atoms with E-state index in [-0.39, 0.29) is 125 Å². The lowest BCUT2D eigenvalue weighted by molar-refractivity contribution is -0.693. The molecule has 0 bridgehead atoms. The van der Waals surface area contributed by atoms with E-state index in [0.717, 1.165) is 0 Å². The third-order valence-corrected chi connectivity index (χ3v) is 12.7. The fourth-order valence-corrected chi connectivity index (χ4v) is 9.73. The van der Waals surface area contributed by atoms with Crippen LogP contribution >= 0.6 is 31.9 Å². The number of pyridine rings is 2. The van der Waals surface area contributed by atoms with Gasteiger partial charge in [-0.05, 0) is 12.1 Å². The van der Waals surface area contributed by atoms with Crippen LogP contribution in [-0.4, -0.2) is 100 Å². The molecule has 0 unspecified atom stereocenters. The van der Waals surface area contributed by atoms with E-state index in [1.807, 2.05) is 107 Å². The van der Waals surface area contributed by atoms with Crippen LogP contribution in [-0.2, 0) is 51.2 Å². The summed E-state index contributed by atoms with van der Waals surface area (Å²) in [6.07, 6.45) is 7.35. The molecule has 0 saturated carbocycles. The van der Waals surface area contributed by atoms with Gasteiger partial charge in [0, 0.05) is 71.5 Å². The monoisotopic (exact) mass is 1360 g/mol. The van der Waals surface area contributed by atoms with Gasteiger partial charge in [0.1, 0.15) is 11.5 Å². The highest BCUT2D eigenvalue weighted by Crippen LogP contribution is 2.47. The molecular formula is C57H66Br4F4N4O10. The Morgan fingerprint density at radius 1 is 0.456 bits per heavy atom. The summed E-state index contributed by atoms with van der Waals surface area (Å²) in [6, 6.07) is 35.2. The van der Waals surface area contributed by atoms with Crippen LogP contribution in [0.1, 0.15) is 45.2 Å². The maximum atomic E-state index is 13.5. The SMILES string of the molecule is C.C.C.COC(=O)C1=C(CBr)N(C)C(CBr)=C(C(=O)OC)C1c1ccccc1OC(F)F.COC(=O)C1=C(C[n+]2ccccc2)N(C)C(C[n+]2ccccc2)=C(C(=O)OC)C1c1ccccc1OC(F)F.[Br-].[Br-].c1ccccc1. The highest BCUT2D eigenvalue weighted by Gasteiger charge is 2.46. The molecule has 7 rings (SSSR count). The minimum atomic E-state index is -3.12. The Labute approximate surface area is 498 Å². The van der Waals surface area contributed by atoms with Crippen LogP contribution in [0, 0.1) is 0 Å². The number of aromatic nitrogens is 2. The molecule has 0 spiro atoms. The fourth-order valence-electron chi connectivity index (χ4n) is 8.37. The molecule has 0 fully saturated rings. The number of nitrogens with zero attached hydrogens (tertiary/aromatic N) is 4. The van der Waals surface area contributed by atoms with E-state index >= 15 is 0 Å². The van der Waals surface area contributed by atoms with Crippen LogP contribution in [0.15, 0.2) is 191 Å². The first-order valence-electron chi connectivity index (χ1n) is 22.5. The molecule has 0 saturated heterocycles. The number of esters is 4. The highest BCUT2D eigenvalue weighted by molar-refractivity contribution is 9.09. The molecule has 3 aromatic carbocycles. The number of allylic oxidation sites excluding steroid dienone is 4. The van der Waals surface area contributed by atoms with Crippen LogP contribution < -0.4 is 52.6 Å². The van der Waals surface area contributed by atoms with Crippen molar-refractivity contribution >= 4 is 55.7 Å². The molecule has 14 nitrogen and oxygen atoms in total. The van der Waals surface area contributed by atoms with Gasteiger partial charge >= 0.3 is 37.1 Å². The van der Waals surface area contributed by atoms with Crippen molar-refractivity contribution in [2.45, 2.75) is 60.4 Å². The Hall–Kier alpha value is -6.36. The first-order chi connectivity index (χ1) is 35.7. The van der Waals surface area contributed by atoms with E-state index in [0.29, 0.717) is 22.8 Å². The highest BCUT2D eigenvalue weighted by atomic mass is 79.9. The number of carbonyl (C=O) groups is 4. The van der Waals surface area contributed by atoms with Crippen molar-refractivity contribution in [3.05, 3.63) is 202 Å². The second-order valence-corrected chi connectivity index (χ2v) is 16.9. The summed E-state index contributed by atoms with van der Waals surface area (Å²) >= 11 is 6.73. The number of alkyl halides is 6. The van der Waals surface area contributed by atoms with E-state index in [9.17, 15) is 36.7 Å². The van der Waals surface area contributed by atoms with Gasteiger partial charge in [-0.3, -0.25) is 0 Å². The second-order valence-electron chi connectivity index (χ2n) is 15.7. The van der Waals surface area contributed by atoms with Crippen LogP contribution in [0.2, 0.25) is 0 Å². The molecule has 79 heavy (non-hydrogen) atoms. The minimum absolute atomic E-state index is 0. The number of methoxy groups -OCH3 is 4. The Balaban J connectivity index is 0.00000135. The van der Waals surface area contributed by atoms with Crippen molar-refractivity contribution in [2.75, 3.05) is 53.2 Å². The zero-order valence-electron chi connectivity index (χ0n) is 41.9. The smallest absolute Gasteiger partial charge is 0.387 e. The average Bonchev–Trinajstić information content (AvgIpc) is 3.42. The molecular weight excluding hydrogens is 1300 g/mol. The Bertz CT molecular complexity index is 2720. The summed E-state index contributed by atoms with van der Waals surface area (Å²) in [5.41, 5.74) is 3.00. The minimum Gasteiger partial charge on any atom is -1.00 e. The normalized spacial score (nSPS) is 13.1. The molecule has 22 heteroatoms. The quantitative estimate of drug-likeness (QED) is 0.0445. The lowest BCUT2D eigenvalue weighted by atomic mass is 9.78. The number of carbonyl (C=O) groups excluding carboxylic acids is 4. The van der Waals surface area contributed by atoms with Gasteiger partial charge in [-0.15, -0.1) is 0 Å². The zero-order chi connectivity index (χ0) is 53.9. The lowest BCUT2D eigenvalue weighted by Crippen LogP contribution is -3.00. The maximum absolute atomic E-state index is 13.5. The summed E-state index contributed by atoms with van der Waals surface area (Å²) in [7, 11) is 8.33. The largest absolute Gasteiger partial charge is 1.00 e. The third-order valence-electron chi connectivity index (χ3n) is 11.7. The summed E-state index contributed by atoms with van der Waals surface area (Å²) in [4.78, 5) is 55.9. The van der Waals surface area contributed by atoms with Gasteiger partial charge in [0.15, 0.2) is 37.9 Å². The van der Waals surface area contributed by atoms with Gasteiger partial charge in [0.25, 0.3) is 0 Å². The zero-order valence-corrected chi connectivity index (χ0v) is 48.2. The molecule has 0 radical (unpaired) electrons. The van der Waals surface area contributed by atoms with E-state index in [2.05, 4.69) is 36.6 Å². The number of hydrogen-bond acceptors (Lipinski definition) is 12. The van der Waals surface area contributed by atoms with E-state index in [1.165, 1.54) is 52.7 Å². The van der Waals surface area contributed by atoms with E-state index in [4.69, 9.17) is 23.7 Å². The van der Waals surface area contributed by atoms with Crippen molar-refractivity contribution < 1.29 is 108 Å². The van der Waals surface area contributed by atoms with Crippen molar-refractivity contribution in [3.8, 4) is 11.5 Å².